The van der Waals surface area contributed by atoms with E-state index in [0.717, 1.165) is 40.4 Å². The minimum atomic E-state index is -0.642. The van der Waals surface area contributed by atoms with Crippen LogP contribution in [-0.4, -0.2) is 31.7 Å². The summed E-state index contributed by atoms with van der Waals surface area (Å²) >= 11 is 1.62. The second kappa shape index (κ2) is 5.05. The summed E-state index contributed by atoms with van der Waals surface area (Å²) in [5.41, 5.74) is 5.76. The van der Waals surface area contributed by atoms with Gasteiger partial charge in [-0.2, -0.15) is 4.98 Å². The third-order valence-corrected chi connectivity index (χ3v) is 5.59. The Balaban J connectivity index is 1.89. The Morgan fingerprint density at radius 2 is 2.16 bits per heavy atom. The van der Waals surface area contributed by atoms with Gasteiger partial charge in [0.2, 0.25) is 5.95 Å². The number of hydrogen-bond donors (Lipinski definition) is 2. The van der Waals surface area contributed by atoms with Crippen LogP contribution in [0.15, 0.2) is 6.07 Å². The molecule has 0 atom stereocenters. The van der Waals surface area contributed by atoms with Crippen LogP contribution in [0.2, 0.25) is 0 Å². The molecule has 2 aromatic rings. The van der Waals surface area contributed by atoms with Crippen LogP contribution in [-0.2, 0) is 10.8 Å². The summed E-state index contributed by atoms with van der Waals surface area (Å²) in [6, 6.07) is 2.42. The van der Waals surface area contributed by atoms with Gasteiger partial charge >= 0.3 is 0 Å². The molecule has 0 unspecified atom stereocenters. The maximum Gasteiger partial charge on any atom is 0.223 e. The molecule has 0 radical (unpaired) electrons. The lowest BCUT2D eigenvalue weighted by Crippen LogP contribution is -2.29. The molecule has 0 spiro atoms. The van der Waals surface area contributed by atoms with Gasteiger partial charge in [-0.05, 0) is 25.8 Å². The maximum absolute atomic E-state index is 11.4. The fourth-order valence-corrected chi connectivity index (χ4v) is 4.49. The average Bonchev–Trinajstić information content (AvgIpc) is 2.72. The smallest absolute Gasteiger partial charge is 0.223 e. The standard InChI is InChI=1S/C12H16N4OS2/c1-7-6-9-10(15-12(13)16-11(9)18-7)14-8-2-4-19(17)5-3-8/h6,8H,2-5H2,1H3,(H3,13,14,15,16). The highest BCUT2D eigenvalue weighted by molar-refractivity contribution is 7.85. The summed E-state index contributed by atoms with van der Waals surface area (Å²) in [6.45, 7) is 2.05. The lowest BCUT2D eigenvalue weighted by atomic mass is 10.1. The van der Waals surface area contributed by atoms with Gasteiger partial charge < -0.3 is 11.1 Å². The number of rotatable bonds is 2. The largest absolute Gasteiger partial charge is 0.368 e. The van der Waals surface area contributed by atoms with Gasteiger partial charge in [-0.25, -0.2) is 4.98 Å². The van der Waals surface area contributed by atoms with Crippen molar-refractivity contribution in [1.29, 1.82) is 0 Å². The molecule has 3 N–H and O–H groups in total. The van der Waals surface area contributed by atoms with Crippen LogP contribution in [0.5, 0.6) is 0 Å². The Labute approximate surface area is 118 Å². The van der Waals surface area contributed by atoms with E-state index in [2.05, 4.69) is 28.3 Å². The Hall–Kier alpha value is -1.21. The van der Waals surface area contributed by atoms with Gasteiger partial charge in [0, 0.05) is 33.2 Å². The SMILES string of the molecule is Cc1cc2c(NC3CCS(=O)CC3)nc(N)nc2s1. The number of aromatic nitrogens is 2. The number of hydrogen-bond acceptors (Lipinski definition) is 6. The number of nitrogens with one attached hydrogen (secondary N) is 1. The summed E-state index contributed by atoms with van der Waals surface area (Å²) in [5, 5.41) is 4.47. The summed E-state index contributed by atoms with van der Waals surface area (Å²) in [4.78, 5) is 10.7. The molecule has 7 heteroatoms. The topological polar surface area (TPSA) is 80.9 Å². The maximum atomic E-state index is 11.4. The number of aryl methyl sites for hydroxylation is 1. The van der Waals surface area contributed by atoms with Crippen LogP contribution in [0.25, 0.3) is 10.2 Å². The van der Waals surface area contributed by atoms with Crippen LogP contribution in [0.4, 0.5) is 11.8 Å². The van der Waals surface area contributed by atoms with Crippen molar-refractivity contribution in [1.82, 2.24) is 9.97 Å². The molecule has 1 aliphatic heterocycles. The van der Waals surface area contributed by atoms with Crippen molar-refractivity contribution >= 4 is 44.1 Å². The summed E-state index contributed by atoms with van der Waals surface area (Å²) < 4.78 is 11.4. The van der Waals surface area contributed by atoms with Crippen molar-refractivity contribution in [2.45, 2.75) is 25.8 Å². The first-order valence-corrected chi connectivity index (χ1v) is 8.57. The van der Waals surface area contributed by atoms with Gasteiger partial charge in [-0.3, -0.25) is 4.21 Å². The van der Waals surface area contributed by atoms with Crippen LogP contribution >= 0.6 is 11.3 Å². The number of nitrogen functional groups attached to an aromatic ring is 1. The Bertz CT molecular complexity index is 630. The number of anilines is 2. The molecule has 5 nitrogen and oxygen atoms in total. The average molecular weight is 296 g/mol. The van der Waals surface area contributed by atoms with Gasteiger partial charge in [0.1, 0.15) is 10.6 Å². The van der Waals surface area contributed by atoms with Crippen molar-refractivity contribution < 1.29 is 4.21 Å². The van der Waals surface area contributed by atoms with Crippen molar-refractivity contribution in [2.75, 3.05) is 22.6 Å². The highest BCUT2D eigenvalue weighted by atomic mass is 32.2. The first-order valence-electron chi connectivity index (χ1n) is 6.27. The first-order chi connectivity index (χ1) is 9.11. The number of fused-ring (bicyclic) bond motifs is 1. The highest BCUT2D eigenvalue weighted by Crippen LogP contribution is 2.30. The van der Waals surface area contributed by atoms with E-state index < -0.39 is 10.8 Å². The lowest BCUT2D eigenvalue weighted by Gasteiger charge is -2.23. The van der Waals surface area contributed by atoms with Crippen molar-refractivity contribution in [2.24, 2.45) is 0 Å². The molecule has 0 saturated carbocycles. The molecule has 0 bridgehead atoms. The highest BCUT2D eigenvalue weighted by Gasteiger charge is 2.19. The number of nitrogens with two attached hydrogens (primary N) is 1. The Morgan fingerprint density at radius 3 is 2.89 bits per heavy atom. The summed E-state index contributed by atoms with van der Waals surface area (Å²) in [6.07, 6.45) is 1.84. The predicted octanol–water partition coefficient (Wildman–Crippen LogP) is 1.90. The van der Waals surface area contributed by atoms with E-state index in [0.29, 0.717) is 12.0 Å². The van der Waals surface area contributed by atoms with Crippen LogP contribution in [0.1, 0.15) is 17.7 Å². The molecule has 1 aliphatic rings. The second-order valence-corrected chi connectivity index (χ2v) is 7.70. The van der Waals surface area contributed by atoms with Gasteiger partial charge in [-0.15, -0.1) is 11.3 Å². The van der Waals surface area contributed by atoms with E-state index >= 15 is 0 Å². The zero-order valence-corrected chi connectivity index (χ0v) is 12.3. The zero-order valence-electron chi connectivity index (χ0n) is 10.7. The molecular weight excluding hydrogens is 280 g/mol. The van der Waals surface area contributed by atoms with Gasteiger partial charge in [0.15, 0.2) is 0 Å². The Kier molecular flexibility index (Phi) is 3.40. The van der Waals surface area contributed by atoms with Crippen LogP contribution in [0, 0.1) is 6.92 Å². The monoisotopic (exact) mass is 296 g/mol. The molecule has 0 aliphatic carbocycles. The molecule has 0 amide bonds. The fourth-order valence-electron chi connectivity index (χ4n) is 2.30. The quantitative estimate of drug-likeness (QED) is 0.884. The minimum absolute atomic E-state index is 0.302. The number of thiophene rings is 1. The fraction of sp³-hybridized carbons (Fsp3) is 0.500. The molecule has 1 saturated heterocycles. The third kappa shape index (κ3) is 2.71. The minimum Gasteiger partial charge on any atom is -0.368 e. The van der Waals surface area contributed by atoms with E-state index in [9.17, 15) is 4.21 Å². The predicted molar refractivity (Wildman–Crippen MR) is 81.1 cm³/mol. The third-order valence-electron chi connectivity index (χ3n) is 3.26. The van der Waals surface area contributed by atoms with E-state index in [1.54, 1.807) is 11.3 Å². The van der Waals surface area contributed by atoms with E-state index in [1.165, 1.54) is 4.88 Å². The molecular formula is C12H16N4OS2. The van der Waals surface area contributed by atoms with Gasteiger partial charge in [-0.1, -0.05) is 0 Å². The van der Waals surface area contributed by atoms with Crippen LogP contribution < -0.4 is 11.1 Å². The number of nitrogens with zero attached hydrogens (tertiary/aromatic N) is 2. The molecule has 3 rings (SSSR count). The normalized spacial score (nSPS) is 23.6. The molecule has 1 fully saturated rings. The molecule has 2 aromatic heterocycles. The van der Waals surface area contributed by atoms with E-state index in [1.807, 2.05) is 0 Å². The summed E-state index contributed by atoms with van der Waals surface area (Å²) in [5.74, 6) is 2.65. The first kappa shape index (κ1) is 12.8. The Morgan fingerprint density at radius 1 is 1.42 bits per heavy atom. The molecule has 3 heterocycles. The second-order valence-electron chi connectivity index (χ2n) is 4.77. The van der Waals surface area contributed by atoms with E-state index in [-0.39, 0.29) is 0 Å². The van der Waals surface area contributed by atoms with Crippen molar-refractivity contribution in [3.8, 4) is 0 Å². The van der Waals surface area contributed by atoms with Crippen molar-refractivity contribution in [3.63, 3.8) is 0 Å². The molecule has 0 aromatic carbocycles. The van der Waals surface area contributed by atoms with Crippen LogP contribution in [0.3, 0.4) is 0 Å². The van der Waals surface area contributed by atoms with E-state index in [4.69, 9.17) is 5.73 Å². The summed E-state index contributed by atoms with van der Waals surface area (Å²) in [7, 11) is -0.642. The van der Waals surface area contributed by atoms with Crippen molar-refractivity contribution in [3.05, 3.63) is 10.9 Å². The molecule has 102 valence electrons. The lowest BCUT2D eigenvalue weighted by molar-refractivity contribution is 0.623. The molecule has 19 heavy (non-hydrogen) atoms. The van der Waals surface area contributed by atoms with Gasteiger partial charge in [0.25, 0.3) is 0 Å². The zero-order chi connectivity index (χ0) is 13.4. The van der Waals surface area contributed by atoms with Gasteiger partial charge in [0.05, 0.1) is 5.39 Å².